The number of aryl methyl sites for hydroxylation is 1. The first-order valence-corrected chi connectivity index (χ1v) is 9.05. The molecule has 0 unspecified atom stereocenters. The molecule has 29 heavy (non-hydrogen) atoms. The minimum atomic E-state index is -0.787. The minimum Gasteiger partial charge on any atom is -0.457 e. The second-order valence-corrected chi connectivity index (χ2v) is 6.33. The van der Waals surface area contributed by atoms with Gasteiger partial charge in [-0.2, -0.15) is 0 Å². The number of anilines is 1. The summed E-state index contributed by atoms with van der Waals surface area (Å²) in [5.74, 6) is -0.343. The van der Waals surface area contributed by atoms with Crippen molar-refractivity contribution in [3.63, 3.8) is 0 Å². The Kier molecular flexibility index (Phi) is 5.87. The van der Waals surface area contributed by atoms with Crippen molar-refractivity contribution in [2.24, 2.45) is 5.73 Å². The number of benzene rings is 2. The molecule has 0 aliphatic heterocycles. The van der Waals surface area contributed by atoms with Crippen LogP contribution in [0.3, 0.4) is 0 Å². The molecule has 1 heterocycles. The molecule has 148 valence electrons. The molecule has 0 atom stereocenters. The minimum absolute atomic E-state index is 0.0884. The summed E-state index contributed by atoms with van der Waals surface area (Å²) in [6.45, 7) is 1.83. The molecule has 3 rings (SSSR count). The monoisotopic (exact) mass is 392 g/mol. The van der Waals surface area contributed by atoms with Gasteiger partial charge in [-0.1, -0.05) is 6.92 Å². The normalized spacial score (nSPS) is 10.4. The predicted octanol–water partition coefficient (Wildman–Crippen LogP) is 4.38. The van der Waals surface area contributed by atoms with Crippen molar-refractivity contribution in [2.45, 2.75) is 13.3 Å². The van der Waals surface area contributed by atoms with E-state index < -0.39 is 11.7 Å². The average molecular weight is 392 g/mol. The third kappa shape index (κ3) is 4.24. The Hall–Kier alpha value is -3.74. The molecule has 0 radical (unpaired) electrons. The summed E-state index contributed by atoms with van der Waals surface area (Å²) in [4.78, 5) is 15.8. The summed E-state index contributed by atoms with van der Waals surface area (Å²) in [7, 11) is 1.77. The number of pyridine rings is 1. The standard InChI is InChI=1S/C22H21FN4O2/c1-3-13-8-15(9-18(23)21(13)22(25)28)20-11-17(6-7-27-20)29-16-5-4-14(12-24)19(10-16)26-2/h4-12,24,26H,3H2,1-2H3,(H2,25,28). The molecule has 1 amide bonds. The fourth-order valence-corrected chi connectivity index (χ4v) is 3.08. The zero-order chi connectivity index (χ0) is 21.0. The summed E-state index contributed by atoms with van der Waals surface area (Å²) >= 11 is 0. The topological polar surface area (TPSA) is 101 Å². The van der Waals surface area contributed by atoms with Gasteiger partial charge in [0.2, 0.25) is 0 Å². The number of amides is 1. The van der Waals surface area contributed by atoms with Crippen LogP contribution in [0.2, 0.25) is 0 Å². The molecule has 6 nitrogen and oxygen atoms in total. The molecule has 0 aliphatic rings. The number of ether oxygens (including phenoxy) is 1. The van der Waals surface area contributed by atoms with Gasteiger partial charge >= 0.3 is 0 Å². The van der Waals surface area contributed by atoms with E-state index >= 15 is 0 Å². The van der Waals surface area contributed by atoms with Gasteiger partial charge in [-0.25, -0.2) is 4.39 Å². The highest BCUT2D eigenvalue weighted by molar-refractivity contribution is 5.95. The molecule has 0 fully saturated rings. The van der Waals surface area contributed by atoms with Crippen molar-refractivity contribution in [2.75, 3.05) is 12.4 Å². The first-order chi connectivity index (χ1) is 14.0. The van der Waals surface area contributed by atoms with Crippen molar-refractivity contribution < 1.29 is 13.9 Å². The van der Waals surface area contributed by atoms with E-state index in [9.17, 15) is 9.18 Å². The van der Waals surface area contributed by atoms with Crippen molar-refractivity contribution in [3.8, 4) is 22.8 Å². The zero-order valence-corrected chi connectivity index (χ0v) is 16.1. The summed E-state index contributed by atoms with van der Waals surface area (Å²) < 4.78 is 20.4. The molecular weight excluding hydrogens is 371 g/mol. The van der Waals surface area contributed by atoms with E-state index in [1.54, 1.807) is 49.6 Å². The van der Waals surface area contributed by atoms with Crippen LogP contribution in [0.4, 0.5) is 10.1 Å². The molecule has 2 aromatic carbocycles. The van der Waals surface area contributed by atoms with Crippen LogP contribution in [-0.4, -0.2) is 24.2 Å². The van der Waals surface area contributed by atoms with Crippen LogP contribution in [0, 0.1) is 11.2 Å². The fraction of sp³-hybridized carbons (Fsp3) is 0.136. The molecule has 3 aromatic rings. The Balaban J connectivity index is 1.95. The van der Waals surface area contributed by atoms with Gasteiger partial charge in [0.25, 0.3) is 5.91 Å². The molecule has 0 spiro atoms. The fourth-order valence-electron chi connectivity index (χ4n) is 3.08. The van der Waals surface area contributed by atoms with Crippen LogP contribution in [0.5, 0.6) is 11.5 Å². The number of hydrogen-bond acceptors (Lipinski definition) is 5. The Morgan fingerprint density at radius 1 is 1.24 bits per heavy atom. The van der Waals surface area contributed by atoms with Gasteiger partial charge in [0.15, 0.2) is 0 Å². The first-order valence-electron chi connectivity index (χ1n) is 9.05. The van der Waals surface area contributed by atoms with Crippen molar-refractivity contribution in [3.05, 3.63) is 71.2 Å². The van der Waals surface area contributed by atoms with E-state index in [-0.39, 0.29) is 5.56 Å². The summed E-state index contributed by atoms with van der Waals surface area (Å²) in [5, 5.41) is 10.4. The van der Waals surface area contributed by atoms with E-state index in [0.29, 0.717) is 34.7 Å². The third-order valence-corrected chi connectivity index (χ3v) is 4.51. The number of carbonyl (C=O) groups excluding carboxylic acids is 1. The van der Waals surface area contributed by atoms with Gasteiger partial charge in [-0.05, 0) is 42.3 Å². The number of aromatic nitrogens is 1. The largest absolute Gasteiger partial charge is 0.457 e. The van der Waals surface area contributed by atoms with Crippen LogP contribution in [0.25, 0.3) is 11.3 Å². The number of nitrogens with zero attached hydrogens (tertiary/aromatic N) is 1. The van der Waals surface area contributed by atoms with E-state index in [1.807, 2.05) is 6.92 Å². The summed E-state index contributed by atoms with van der Waals surface area (Å²) in [6, 6.07) is 11.7. The maximum atomic E-state index is 14.5. The highest BCUT2D eigenvalue weighted by Gasteiger charge is 2.16. The molecule has 1 aromatic heterocycles. The lowest BCUT2D eigenvalue weighted by Crippen LogP contribution is -2.16. The second-order valence-electron chi connectivity index (χ2n) is 6.33. The molecule has 4 N–H and O–H groups in total. The Bertz CT molecular complexity index is 1080. The smallest absolute Gasteiger partial charge is 0.251 e. The number of nitrogens with two attached hydrogens (primary N) is 1. The lowest BCUT2D eigenvalue weighted by atomic mass is 9.99. The van der Waals surface area contributed by atoms with E-state index in [4.69, 9.17) is 15.9 Å². The van der Waals surface area contributed by atoms with Gasteiger partial charge in [0.1, 0.15) is 17.3 Å². The van der Waals surface area contributed by atoms with Crippen LogP contribution in [-0.2, 0) is 6.42 Å². The number of carbonyl (C=O) groups is 1. The van der Waals surface area contributed by atoms with Gasteiger partial charge < -0.3 is 21.2 Å². The zero-order valence-electron chi connectivity index (χ0n) is 16.1. The second kappa shape index (κ2) is 8.52. The highest BCUT2D eigenvalue weighted by atomic mass is 19.1. The van der Waals surface area contributed by atoms with Crippen LogP contribution < -0.4 is 15.8 Å². The van der Waals surface area contributed by atoms with Crippen molar-refractivity contribution in [1.82, 2.24) is 4.98 Å². The SMILES string of the molecule is CCc1cc(-c2cc(Oc3ccc(C=N)c(NC)c3)ccn2)cc(F)c1C(N)=O. The lowest BCUT2D eigenvalue weighted by Gasteiger charge is -2.12. The average Bonchev–Trinajstić information content (AvgIpc) is 2.72. The molecule has 0 saturated heterocycles. The number of primary amides is 1. The van der Waals surface area contributed by atoms with Gasteiger partial charge in [0.05, 0.1) is 11.3 Å². The van der Waals surface area contributed by atoms with Gasteiger partial charge in [-0.15, -0.1) is 0 Å². The summed E-state index contributed by atoms with van der Waals surface area (Å²) in [5.41, 5.74) is 8.29. The first kappa shape index (κ1) is 20.0. The maximum absolute atomic E-state index is 14.5. The molecular formula is C22H21FN4O2. The van der Waals surface area contributed by atoms with E-state index in [0.717, 1.165) is 11.3 Å². The molecule has 0 bridgehead atoms. The highest BCUT2D eigenvalue weighted by Crippen LogP contribution is 2.30. The summed E-state index contributed by atoms with van der Waals surface area (Å²) in [6.07, 6.45) is 3.29. The quantitative estimate of drug-likeness (QED) is 0.519. The Morgan fingerprint density at radius 3 is 2.66 bits per heavy atom. The van der Waals surface area contributed by atoms with E-state index in [1.165, 1.54) is 12.3 Å². The molecule has 0 aliphatic carbocycles. The number of hydrogen-bond donors (Lipinski definition) is 3. The third-order valence-electron chi connectivity index (χ3n) is 4.51. The Labute approximate surface area is 168 Å². The molecule has 0 saturated carbocycles. The van der Waals surface area contributed by atoms with E-state index in [2.05, 4.69) is 10.3 Å². The van der Waals surface area contributed by atoms with Crippen molar-refractivity contribution >= 4 is 17.8 Å². The van der Waals surface area contributed by atoms with Crippen LogP contribution >= 0.6 is 0 Å². The van der Waals surface area contributed by atoms with Crippen molar-refractivity contribution in [1.29, 1.82) is 5.41 Å². The predicted molar refractivity (Wildman–Crippen MR) is 111 cm³/mol. The number of nitrogens with one attached hydrogen (secondary N) is 2. The van der Waals surface area contributed by atoms with Gasteiger partial charge in [0, 0.05) is 48.4 Å². The van der Waals surface area contributed by atoms with Crippen LogP contribution in [0.15, 0.2) is 48.7 Å². The van der Waals surface area contributed by atoms with Gasteiger partial charge in [-0.3, -0.25) is 9.78 Å². The maximum Gasteiger partial charge on any atom is 0.251 e. The van der Waals surface area contributed by atoms with Crippen LogP contribution in [0.1, 0.15) is 28.4 Å². The molecule has 7 heteroatoms. The lowest BCUT2D eigenvalue weighted by molar-refractivity contribution is 0.0995. The Morgan fingerprint density at radius 2 is 2.00 bits per heavy atom. The number of rotatable bonds is 7. The number of halogens is 1.